The van der Waals surface area contributed by atoms with Crippen molar-refractivity contribution < 1.29 is 8.78 Å². The SMILES string of the molecule is Cc1c(-c2ccccc2)n(-c2ccccc2)c(-c2cc(F)ccc2F)cc1=O. The summed E-state index contributed by atoms with van der Waals surface area (Å²) in [6.45, 7) is 1.75. The van der Waals surface area contributed by atoms with Crippen LogP contribution in [0.3, 0.4) is 0 Å². The summed E-state index contributed by atoms with van der Waals surface area (Å²) in [7, 11) is 0. The molecule has 0 unspecified atom stereocenters. The first-order valence-corrected chi connectivity index (χ1v) is 8.89. The Hall–Kier alpha value is -3.53. The van der Waals surface area contributed by atoms with E-state index in [4.69, 9.17) is 0 Å². The van der Waals surface area contributed by atoms with Gasteiger partial charge in [0.1, 0.15) is 11.6 Å². The number of hydrogen-bond donors (Lipinski definition) is 0. The molecule has 138 valence electrons. The first-order valence-electron chi connectivity index (χ1n) is 8.89. The van der Waals surface area contributed by atoms with Gasteiger partial charge in [-0.05, 0) is 42.8 Å². The maximum absolute atomic E-state index is 14.6. The molecule has 0 fully saturated rings. The van der Waals surface area contributed by atoms with Crippen LogP contribution in [0.15, 0.2) is 89.7 Å². The van der Waals surface area contributed by atoms with E-state index in [0.29, 0.717) is 17.0 Å². The average Bonchev–Trinajstić information content (AvgIpc) is 2.72. The molecule has 0 N–H and O–H groups in total. The average molecular weight is 373 g/mol. The fourth-order valence-corrected chi connectivity index (χ4v) is 3.38. The quantitative estimate of drug-likeness (QED) is 0.448. The van der Waals surface area contributed by atoms with Gasteiger partial charge in [0, 0.05) is 22.9 Å². The molecule has 0 amide bonds. The molecular formula is C24H17F2NO. The summed E-state index contributed by atoms with van der Waals surface area (Å²) in [5.41, 5.74) is 2.87. The number of hydrogen-bond acceptors (Lipinski definition) is 1. The Balaban J connectivity index is 2.17. The van der Waals surface area contributed by atoms with Crippen LogP contribution in [0.2, 0.25) is 0 Å². The predicted octanol–water partition coefficient (Wildman–Crippen LogP) is 5.76. The molecule has 0 aliphatic heterocycles. The summed E-state index contributed by atoms with van der Waals surface area (Å²) in [5.74, 6) is -1.15. The third kappa shape index (κ3) is 3.14. The molecule has 0 spiro atoms. The normalized spacial score (nSPS) is 10.8. The maximum atomic E-state index is 14.6. The highest BCUT2D eigenvalue weighted by molar-refractivity contribution is 5.73. The number of benzene rings is 3. The van der Waals surface area contributed by atoms with Crippen LogP contribution in [0.1, 0.15) is 5.56 Å². The highest BCUT2D eigenvalue weighted by atomic mass is 19.1. The van der Waals surface area contributed by atoms with Crippen LogP contribution in [-0.2, 0) is 0 Å². The van der Waals surface area contributed by atoms with Crippen molar-refractivity contribution in [1.82, 2.24) is 4.57 Å². The number of pyridine rings is 1. The second-order valence-electron chi connectivity index (χ2n) is 6.53. The summed E-state index contributed by atoms with van der Waals surface area (Å²) >= 11 is 0. The molecule has 0 saturated carbocycles. The second-order valence-corrected chi connectivity index (χ2v) is 6.53. The Bertz CT molecular complexity index is 1200. The summed E-state index contributed by atoms with van der Waals surface area (Å²) in [6, 6.07) is 23.4. The van der Waals surface area contributed by atoms with E-state index in [-0.39, 0.29) is 11.0 Å². The molecule has 4 aromatic rings. The van der Waals surface area contributed by atoms with Crippen molar-refractivity contribution in [2.45, 2.75) is 6.92 Å². The fraction of sp³-hybridized carbons (Fsp3) is 0.0417. The number of rotatable bonds is 3. The molecule has 0 atom stereocenters. The van der Waals surface area contributed by atoms with E-state index < -0.39 is 11.6 Å². The van der Waals surface area contributed by atoms with E-state index in [1.54, 1.807) is 6.92 Å². The number of nitrogens with zero attached hydrogens (tertiary/aromatic N) is 1. The Morgan fingerprint density at radius 2 is 1.43 bits per heavy atom. The third-order valence-electron chi connectivity index (χ3n) is 4.72. The van der Waals surface area contributed by atoms with E-state index in [1.165, 1.54) is 6.07 Å². The highest BCUT2D eigenvalue weighted by Gasteiger charge is 2.19. The lowest BCUT2D eigenvalue weighted by atomic mass is 10.0. The van der Waals surface area contributed by atoms with Crippen LogP contribution in [0.25, 0.3) is 28.2 Å². The molecule has 0 aliphatic carbocycles. The van der Waals surface area contributed by atoms with Crippen LogP contribution in [0.4, 0.5) is 8.78 Å². The zero-order valence-electron chi connectivity index (χ0n) is 15.2. The van der Waals surface area contributed by atoms with Gasteiger partial charge in [-0.2, -0.15) is 0 Å². The molecule has 3 aromatic carbocycles. The van der Waals surface area contributed by atoms with Crippen molar-refractivity contribution in [2.75, 3.05) is 0 Å². The summed E-state index contributed by atoms with van der Waals surface area (Å²) < 4.78 is 30.4. The van der Waals surface area contributed by atoms with Gasteiger partial charge in [0.15, 0.2) is 5.43 Å². The van der Waals surface area contributed by atoms with Gasteiger partial charge in [-0.15, -0.1) is 0 Å². The Morgan fingerprint density at radius 3 is 2.11 bits per heavy atom. The van der Waals surface area contributed by atoms with Crippen LogP contribution in [-0.4, -0.2) is 4.57 Å². The Kier molecular flexibility index (Phi) is 4.62. The van der Waals surface area contributed by atoms with Gasteiger partial charge in [0.05, 0.1) is 11.4 Å². The van der Waals surface area contributed by atoms with Gasteiger partial charge in [-0.1, -0.05) is 48.5 Å². The number of para-hydroxylation sites is 1. The van der Waals surface area contributed by atoms with E-state index >= 15 is 0 Å². The fourth-order valence-electron chi connectivity index (χ4n) is 3.38. The number of halogens is 2. The smallest absolute Gasteiger partial charge is 0.185 e. The summed E-state index contributed by atoms with van der Waals surface area (Å²) in [5, 5.41) is 0. The zero-order chi connectivity index (χ0) is 19.7. The lowest BCUT2D eigenvalue weighted by Crippen LogP contribution is -2.16. The molecular weight excluding hydrogens is 356 g/mol. The van der Waals surface area contributed by atoms with Crippen molar-refractivity contribution in [3.63, 3.8) is 0 Å². The van der Waals surface area contributed by atoms with Gasteiger partial charge in [-0.3, -0.25) is 4.79 Å². The standard InChI is InChI=1S/C24H17F2NO/c1-16-23(28)15-22(20-14-18(25)12-13-21(20)26)27(19-10-6-3-7-11-19)24(16)17-8-4-2-5-9-17/h2-15H,1H3. The van der Waals surface area contributed by atoms with E-state index in [9.17, 15) is 13.6 Å². The van der Waals surface area contributed by atoms with E-state index in [0.717, 1.165) is 29.4 Å². The molecule has 0 bridgehead atoms. The van der Waals surface area contributed by atoms with Crippen LogP contribution in [0, 0.1) is 18.6 Å². The predicted molar refractivity (Wildman–Crippen MR) is 108 cm³/mol. The minimum absolute atomic E-state index is 0.0399. The molecule has 4 rings (SSSR count). The van der Waals surface area contributed by atoms with Crippen molar-refractivity contribution in [2.24, 2.45) is 0 Å². The monoisotopic (exact) mass is 373 g/mol. The Morgan fingerprint density at radius 1 is 0.786 bits per heavy atom. The molecule has 0 saturated heterocycles. The van der Waals surface area contributed by atoms with Gasteiger partial charge >= 0.3 is 0 Å². The minimum Gasteiger partial charge on any atom is -0.309 e. The lowest BCUT2D eigenvalue weighted by molar-refractivity contribution is 0.602. The van der Waals surface area contributed by atoms with Crippen LogP contribution >= 0.6 is 0 Å². The van der Waals surface area contributed by atoms with Crippen molar-refractivity contribution in [3.8, 4) is 28.2 Å². The summed E-state index contributed by atoms with van der Waals surface area (Å²) in [4.78, 5) is 12.8. The molecule has 0 aliphatic rings. The van der Waals surface area contributed by atoms with Gasteiger partial charge < -0.3 is 4.57 Å². The first-order chi connectivity index (χ1) is 13.6. The van der Waals surface area contributed by atoms with Crippen molar-refractivity contribution in [3.05, 3.63) is 112 Å². The second kappa shape index (κ2) is 7.24. The van der Waals surface area contributed by atoms with Crippen LogP contribution < -0.4 is 5.43 Å². The minimum atomic E-state index is -0.589. The summed E-state index contributed by atoms with van der Waals surface area (Å²) in [6.07, 6.45) is 0. The third-order valence-corrected chi connectivity index (χ3v) is 4.72. The number of aromatic nitrogens is 1. The van der Waals surface area contributed by atoms with Crippen molar-refractivity contribution in [1.29, 1.82) is 0 Å². The van der Waals surface area contributed by atoms with Gasteiger partial charge in [0.2, 0.25) is 0 Å². The lowest BCUT2D eigenvalue weighted by Gasteiger charge is -2.21. The van der Waals surface area contributed by atoms with E-state index in [1.807, 2.05) is 65.2 Å². The molecule has 2 nitrogen and oxygen atoms in total. The first kappa shape index (κ1) is 17.9. The topological polar surface area (TPSA) is 22.0 Å². The Labute approximate surface area is 161 Å². The molecule has 4 heteroatoms. The van der Waals surface area contributed by atoms with Gasteiger partial charge in [0.25, 0.3) is 0 Å². The molecule has 0 radical (unpaired) electrons. The molecule has 1 heterocycles. The highest BCUT2D eigenvalue weighted by Crippen LogP contribution is 2.32. The maximum Gasteiger partial charge on any atom is 0.185 e. The van der Waals surface area contributed by atoms with Crippen LogP contribution in [0.5, 0.6) is 0 Å². The zero-order valence-corrected chi connectivity index (χ0v) is 15.2. The molecule has 28 heavy (non-hydrogen) atoms. The largest absolute Gasteiger partial charge is 0.309 e. The molecule has 1 aromatic heterocycles. The van der Waals surface area contributed by atoms with Gasteiger partial charge in [-0.25, -0.2) is 8.78 Å². The van der Waals surface area contributed by atoms with Crippen molar-refractivity contribution >= 4 is 0 Å². The van der Waals surface area contributed by atoms with E-state index in [2.05, 4.69) is 0 Å².